The minimum atomic E-state index is -0.233. The number of benzene rings is 1. The fourth-order valence-electron chi connectivity index (χ4n) is 2.21. The molecule has 0 unspecified atom stereocenters. The third-order valence-corrected chi connectivity index (χ3v) is 4.80. The number of hydrogen-bond donors (Lipinski definition) is 0. The smallest absolute Gasteiger partial charge is 0.282 e. The molecule has 0 aliphatic carbocycles. The van der Waals surface area contributed by atoms with Crippen molar-refractivity contribution in [1.82, 2.24) is 15.0 Å². The maximum Gasteiger partial charge on any atom is 0.282 e. The molecule has 0 aliphatic heterocycles. The maximum atomic E-state index is 12.9. The lowest BCUT2D eigenvalue weighted by Gasteiger charge is -2.20. The van der Waals surface area contributed by atoms with Crippen LogP contribution < -0.4 is 4.90 Å². The van der Waals surface area contributed by atoms with Gasteiger partial charge in [-0.3, -0.25) is 9.69 Å². The lowest BCUT2D eigenvalue weighted by molar-refractivity contribution is 0.0976. The molecule has 0 aliphatic rings. The summed E-state index contributed by atoms with van der Waals surface area (Å²) in [5.74, 6) is 0.363. The molecule has 0 saturated carbocycles. The summed E-state index contributed by atoms with van der Waals surface area (Å²) in [4.78, 5) is 21.0. The predicted molar refractivity (Wildman–Crippen MR) is 96.1 cm³/mol. The molecule has 1 aromatic carbocycles. The van der Waals surface area contributed by atoms with Gasteiger partial charge in [0.05, 0.1) is 9.72 Å². The molecular formula is C16H17ClN4O2S. The second-order valence-corrected chi connectivity index (χ2v) is 7.08. The molecule has 2 heterocycles. The van der Waals surface area contributed by atoms with Crippen molar-refractivity contribution in [3.05, 3.63) is 40.7 Å². The van der Waals surface area contributed by atoms with E-state index in [4.69, 9.17) is 16.1 Å². The number of fused-ring (bicyclic) bond motifs is 1. The number of nitrogens with zero attached hydrogens (tertiary/aromatic N) is 4. The second-order valence-electron chi connectivity index (χ2n) is 5.67. The SMILES string of the molecule is Cc1cc(C(=O)N(CCN(C)C)c2nc3c(Cl)cccc3s2)no1. The summed E-state index contributed by atoms with van der Waals surface area (Å²) in [6.45, 7) is 2.95. The predicted octanol–water partition coefficient (Wildman–Crippen LogP) is 3.45. The van der Waals surface area contributed by atoms with E-state index in [1.54, 1.807) is 24.0 Å². The normalized spacial score (nSPS) is 11.4. The Bertz CT molecular complexity index is 874. The summed E-state index contributed by atoms with van der Waals surface area (Å²) in [6.07, 6.45) is 0. The van der Waals surface area contributed by atoms with Gasteiger partial charge < -0.3 is 9.42 Å². The fourth-order valence-corrected chi connectivity index (χ4v) is 3.50. The Kier molecular flexibility index (Phi) is 4.84. The van der Waals surface area contributed by atoms with Crippen molar-refractivity contribution < 1.29 is 9.32 Å². The van der Waals surface area contributed by atoms with Crippen molar-refractivity contribution in [2.24, 2.45) is 0 Å². The van der Waals surface area contributed by atoms with Crippen LogP contribution in [0.2, 0.25) is 5.02 Å². The topological polar surface area (TPSA) is 62.5 Å². The first-order valence-electron chi connectivity index (χ1n) is 7.40. The van der Waals surface area contributed by atoms with Crippen molar-refractivity contribution >= 4 is 44.2 Å². The molecule has 8 heteroatoms. The molecule has 0 saturated heterocycles. The van der Waals surface area contributed by atoms with Crippen molar-refractivity contribution in [3.63, 3.8) is 0 Å². The van der Waals surface area contributed by atoms with Crippen molar-refractivity contribution in [2.75, 3.05) is 32.1 Å². The van der Waals surface area contributed by atoms with Crippen LogP contribution in [0, 0.1) is 6.92 Å². The van der Waals surface area contributed by atoms with Gasteiger partial charge in [-0.15, -0.1) is 0 Å². The van der Waals surface area contributed by atoms with Gasteiger partial charge in [0.15, 0.2) is 10.8 Å². The minimum Gasteiger partial charge on any atom is -0.361 e. The van der Waals surface area contributed by atoms with Crippen molar-refractivity contribution in [1.29, 1.82) is 0 Å². The first-order valence-corrected chi connectivity index (χ1v) is 8.60. The number of rotatable bonds is 5. The average molecular weight is 365 g/mol. The number of amides is 1. The molecule has 1 amide bonds. The van der Waals surface area contributed by atoms with Crippen LogP contribution in [-0.4, -0.2) is 48.1 Å². The van der Waals surface area contributed by atoms with E-state index in [2.05, 4.69) is 10.1 Å². The Hall–Kier alpha value is -1.96. The van der Waals surface area contributed by atoms with E-state index in [0.29, 0.717) is 34.5 Å². The zero-order valence-corrected chi connectivity index (χ0v) is 15.2. The van der Waals surface area contributed by atoms with Crippen LogP contribution in [0.1, 0.15) is 16.2 Å². The van der Waals surface area contributed by atoms with Gasteiger partial charge in [-0.1, -0.05) is 34.2 Å². The zero-order chi connectivity index (χ0) is 17.3. The van der Waals surface area contributed by atoms with Crippen LogP contribution in [0.15, 0.2) is 28.8 Å². The highest BCUT2D eigenvalue weighted by atomic mass is 35.5. The molecule has 0 fully saturated rings. The van der Waals surface area contributed by atoms with E-state index in [-0.39, 0.29) is 11.6 Å². The molecule has 3 rings (SSSR count). The molecule has 3 aromatic rings. The first kappa shape index (κ1) is 16.9. The monoisotopic (exact) mass is 364 g/mol. The standard InChI is InChI=1S/C16H17ClN4O2S/c1-10-9-12(19-23-10)15(22)21(8-7-20(2)3)16-18-14-11(17)5-4-6-13(14)24-16/h4-6,9H,7-8H2,1-3H3. The number of carbonyl (C=O) groups is 1. The van der Waals surface area contributed by atoms with E-state index >= 15 is 0 Å². The summed E-state index contributed by atoms with van der Waals surface area (Å²) < 4.78 is 5.97. The molecule has 0 atom stereocenters. The number of aryl methyl sites for hydroxylation is 1. The fraction of sp³-hybridized carbons (Fsp3) is 0.312. The summed E-state index contributed by atoms with van der Waals surface area (Å²) in [6, 6.07) is 7.24. The van der Waals surface area contributed by atoms with Gasteiger partial charge in [0.25, 0.3) is 5.91 Å². The molecule has 24 heavy (non-hydrogen) atoms. The summed E-state index contributed by atoms with van der Waals surface area (Å²) in [5, 5.41) is 5.01. The third-order valence-electron chi connectivity index (χ3n) is 3.45. The largest absolute Gasteiger partial charge is 0.361 e. The number of likely N-dealkylation sites (N-methyl/N-ethyl adjacent to an activating group) is 1. The number of carbonyl (C=O) groups excluding carboxylic acids is 1. The minimum absolute atomic E-state index is 0.233. The van der Waals surface area contributed by atoms with Crippen LogP contribution in [-0.2, 0) is 0 Å². The van der Waals surface area contributed by atoms with Gasteiger partial charge >= 0.3 is 0 Å². The number of thiazole rings is 1. The summed E-state index contributed by atoms with van der Waals surface area (Å²) in [5.41, 5.74) is 0.981. The van der Waals surface area contributed by atoms with E-state index in [0.717, 1.165) is 4.70 Å². The zero-order valence-electron chi connectivity index (χ0n) is 13.6. The molecule has 0 N–H and O–H groups in total. The van der Waals surface area contributed by atoms with Crippen LogP contribution in [0.25, 0.3) is 10.2 Å². The molecule has 2 aromatic heterocycles. The number of para-hydroxylation sites is 1. The lowest BCUT2D eigenvalue weighted by Crippen LogP contribution is -2.36. The molecule has 0 bridgehead atoms. The first-order chi connectivity index (χ1) is 11.5. The van der Waals surface area contributed by atoms with E-state index in [9.17, 15) is 4.79 Å². The second kappa shape index (κ2) is 6.88. The molecule has 0 spiro atoms. The molecule has 0 radical (unpaired) electrons. The van der Waals surface area contributed by atoms with Gasteiger partial charge in [-0.25, -0.2) is 4.98 Å². The van der Waals surface area contributed by atoms with Gasteiger partial charge in [0.1, 0.15) is 11.3 Å². The number of aromatic nitrogens is 2. The Morgan fingerprint density at radius 2 is 2.12 bits per heavy atom. The van der Waals surface area contributed by atoms with E-state index < -0.39 is 0 Å². The van der Waals surface area contributed by atoms with Crippen molar-refractivity contribution in [3.8, 4) is 0 Å². The van der Waals surface area contributed by atoms with E-state index in [1.807, 2.05) is 31.1 Å². The van der Waals surface area contributed by atoms with Gasteiger partial charge in [0, 0.05) is 19.2 Å². The number of hydrogen-bond acceptors (Lipinski definition) is 6. The molecule has 126 valence electrons. The van der Waals surface area contributed by atoms with Crippen LogP contribution in [0.4, 0.5) is 5.13 Å². The summed E-state index contributed by atoms with van der Waals surface area (Å²) >= 11 is 7.64. The Labute approximate surface area is 148 Å². The van der Waals surface area contributed by atoms with E-state index in [1.165, 1.54) is 11.3 Å². The summed E-state index contributed by atoms with van der Waals surface area (Å²) in [7, 11) is 3.91. The Morgan fingerprint density at radius 3 is 2.75 bits per heavy atom. The Balaban J connectivity index is 1.99. The number of halogens is 1. The average Bonchev–Trinajstić information content (AvgIpc) is 3.14. The van der Waals surface area contributed by atoms with Crippen LogP contribution in [0.3, 0.4) is 0 Å². The number of anilines is 1. The van der Waals surface area contributed by atoms with Crippen LogP contribution in [0.5, 0.6) is 0 Å². The highest BCUT2D eigenvalue weighted by Gasteiger charge is 2.24. The Morgan fingerprint density at radius 1 is 1.33 bits per heavy atom. The van der Waals surface area contributed by atoms with Crippen LogP contribution >= 0.6 is 22.9 Å². The lowest BCUT2D eigenvalue weighted by atomic mass is 10.3. The van der Waals surface area contributed by atoms with Gasteiger partial charge in [-0.05, 0) is 33.2 Å². The van der Waals surface area contributed by atoms with Gasteiger partial charge in [0.2, 0.25) is 0 Å². The van der Waals surface area contributed by atoms with Gasteiger partial charge in [-0.2, -0.15) is 0 Å². The quantitative estimate of drug-likeness (QED) is 0.693. The third kappa shape index (κ3) is 3.43. The highest BCUT2D eigenvalue weighted by molar-refractivity contribution is 7.22. The van der Waals surface area contributed by atoms with Crippen molar-refractivity contribution in [2.45, 2.75) is 6.92 Å². The molecule has 6 nitrogen and oxygen atoms in total. The highest BCUT2D eigenvalue weighted by Crippen LogP contribution is 2.33. The molecular weight excluding hydrogens is 348 g/mol. The maximum absolute atomic E-state index is 12.9.